The maximum absolute atomic E-state index is 12.2. The Balaban J connectivity index is 2.37. The molecule has 2 rings (SSSR count). The molecule has 0 N–H and O–H groups in total. The summed E-state index contributed by atoms with van der Waals surface area (Å²) in [7, 11) is 0. The normalized spacial score (nSPS) is 18.0. The third-order valence-electron chi connectivity index (χ3n) is 3.24. The lowest BCUT2D eigenvalue weighted by atomic mass is 9.82. The van der Waals surface area contributed by atoms with Crippen molar-refractivity contribution < 1.29 is 9.53 Å². The first-order chi connectivity index (χ1) is 8.19. The molecule has 1 fully saturated rings. The number of aromatic nitrogens is 2. The second kappa shape index (κ2) is 5.00. The van der Waals surface area contributed by atoms with Crippen LogP contribution in [0.15, 0.2) is 12.3 Å². The van der Waals surface area contributed by atoms with Crippen LogP contribution in [-0.4, -0.2) is 22.5 Å². The number of hydrogen-bond acceptors (Lipinski definition) is 4. The van der Waals surface area contributed by atoms with Gasteiger partial charge in [0, 0.05) is 6.20 Å². The molecule has 1 saturated carbocycles. The summed E-state index contributed by atoms with van der Waals surface area (Å²) < 4.78 is 5.18. The Morgan fingerprint density at radius 1 is 1.53 bits per heavy atom. The zero-order chi connectivity index (χ0) is 12.3. The molecule has 17 heavy (non-hydrogen) atoms. The van der Waals surface area contributed by atoms with E-state index in [4.69, 9.17) is 16.3 Å². The van der Waals surface area contributed by atoms with Gasteiger partial charge in [-0.15, -0.1) is 0 Å². The van der Waals surface area contributed by atoms with Crippen molar-refractivity contribution >= 4 is 17.6 Å². The summed E-state index contributed by atoms with van der Waals surface area (Å²) in [5.41, 5.74) is 0.0798. The van der Waals surface area contributed by atoms with Crippen molar-refractivity contribution in [2.24, 2.45) is 0 Å². The average Bonchev–Trinajstić information content (AvgIpc) is 2.79. The quantitative estimate of drug-likeness (QED) is 0.614. The van der Waals surface area contributed by atoms with Crippen LogP contribution in [-0.2, 0) is 14.9 Å². The van der Waals surface area contributed by atoms with Crippen LogP contribution in [0.3, 0.4) is 0 Å². The first-order valence-electron chi connectivity index (χ1n) is 5.85. The lowest BCUT2D eigenvalue weighted by Crippen LogP contribution is -2.35. The highest BCUT2D eigenvalue weighted by Crippen LogP contribution is 2.41. The molecule has 1 aromatic heterocycles. The molecule has 1 aromatic rings. The van der Waals surface area contributed by atoms with Crippen LogP contribution in [0.25, 0.3) is 0 Å². The van der Waals surface area contributed by atoms with Crippen molar-refractivity contribution in [3.05, 3.63) is 23.2 Å². The van der Waals surface area contributed by atoms with Crippen LogP contribution in [0.2, 0.25) is 5.28 Å². The van der Waals surface area contributed by atoms with Gasteiger partial charge in [0.15, 0.2) is 0 Å². The van der Waals surface area contributed by atoms with E-state index in [1.807, 2.05) is 6.92 Å². The average molecular weight is 255 g/mol. The van der Waals surface area contributed by atoms with Gasteiger partial charge in [0.05, 0.1) is 12.3 Å². The van der Waals surface area contributed by atoms with E-state index in [2.05, 4.69) is 9.97 Å². The first kappa shape index (κ1) is 12.3. The van der Waals surface area contributed by atoms with Crippen molar-refractivity contribution in [2.75, 3.05) is 6.61 Å². The van der Waals surface area contributed by atoms with Gasteiger partial charge < -0.3 is 4.74 Å². The largest absolute Gasteiger partial charge is 0.465 e. The van der Waals surface area contributed by atoms with Gasteiger partial charge in [-0.25, -0.2) is 9.97 Å². The maximum atomic E-state index is 12.2. The van der Waals surface area contributed by atoms with Gasteiger partial charge in [0.25, 0.3) is 0 Å². The molecule has 0 spiro atoms. The van der Waals surface area contributed by atoms with E-state index in [-0.39, 0.29) is 11.3 Å². The van der Waals surface area contributed by atoms with Gasteiger partial charge in [-0.05, 0) is 37.4 Å². The lowest BCUT2D eigenvalue weighted by Gasteiger charge is -2.25. The molecule has 0 atom stereocenters. The van der Waals surface area contributed by atoms with Crippen molar-refractivity contribution in [1.29, 1.82) is 0 Å². The maximum Gasteiger partial charge on any atom is 0.318 e. The Morgan fingerprint density at radius 3 is 2.82 bits per heavy atom. The van der Waals surface area contributed by atoms with Crippen LogP contribution in [0.5, 0.6) is 0 Å². The summed E-state index contributed by atoms with van der Waals surface area (Å²) in [5, 5.41) is 0.179. The van der Waals surface area contributed by atoms with E-state index in [9.17, 15) is 4.79 Å². The third-order valence-corrected chi connectivity index (χ3v) is 3.42. The van der Waals surface area contributed by atoms with Crippen LogP contribution in [0.4, 0.5) is 0 Å². The van der Waals surface area contributed by atoms with E-state index in [0.717, 1.165) is 25.7 Å². The van der Waals surface area contributed by atoms with Crippen molar-refractivity contribution in [2.45, 2.75) is 38.0 Å². The molecule has 1 heterocycles. The molecule has 0 aliphatic heterocycles. The fourth-order valence-electron chi connectivity index (χ4n) is 2.41. The molecule has 1 aliphatic carbocycles. The highest BCUT2D eigenvalue weighted by molar-refractivity contribution is 6.28. The van der Waals surface area contributed by atoms with Gasteiger partial charge in [0.2, 0.25) is 5.28 Å². The zero-order valence-corrected chi connectivity index (χ0v) is 10.5. The van der Waals surface area contributed by atoms with E-state index in [1.165, 1.54) is 0 Å². The highest BCUT2D eigenvalue weighted by Gasteiger charge is 2.45. The SMILES string of the molecule is CCOC(=O)C1(c2ccnc(Cl)n2)CCCC1. The van der Waals surface area contributed by atoms with Gasteiger partial charge in [-0.1, -0.05) is 12.8 Å². The molecular formula is C12H15ClN2O2. The molecule has 4 nitrogen and oxygen atoms in total. The number of carbonyl (C=O) groups is 1. The molecular weight excluding hydrogens is 240 g/mol. The minimum atomic E-state index is -0.609. The van der Waals surface area contributed by atoms with Crippen LogP contribution >= 0.6 is 11.6 Å². The van der Waals surface area contributed by atoms with Crippen LogP contribution < -0.4 is 0 Å². The van der Waals surface area contributed by atoms with Crippen molar-refractivity contribution in [1.82, 2.24) is 9.97 Å². The molecule has 1 aliphatic rings. The van der Waals surface area contributed by atoms with E-state index >= 15 is 0 Å². The summed E-state index contributed by atoms with van der Waals surface area (Å²) in [5.74, 6) is -0.188. The molecule has 0 bridgehead atoms. The Hall–Kier alpha value is -1.16. The number of ether oxygens (including phenoxy) is 1. The molecule has 0 radical (unpaired) electrons. The molecule has 0 aromatic carbocycles. The fraction of sp³-hybridized carbons (Fsp3) is 0.583. The second-order valence-electron chi connectivity index (χ2n) is 4.22. The molecule has 0 saturated heterocycles. The number of carbonyl (C=O) groups excluding carboxylic acids is 1. The number of rotatable bonds is 3. The Bertz CT molecular complexity index is 417. The van der Waals surface area contributed by atoms with E-state index < -0.39 is 5.41 Å². The first-order valence-corrected chi connectivity index (χ1v) is 6.23. The molecule has 0 unspecified atom stereocenters. The Labute approximate surface area is 105 Å². The number of hydrogen-bond donors (Lipinski definition) is 0. The summed E-state index contributed by atoms with van der Waals surface area (Å²) in [6.07, 6.45) is 5.17. The van der Waals surface area contributed by atoms with Crippen molar-refractivity contribution in [3.8, 4) is 0 Å². The topological polar surface area (TPSA) is 52.1 Å². The summed E-state index contributed by atoms with van der Waals surface area (Å²) in [6, 6.07) is 1.76. The molecule has 92 valence electrons. The standard InChI is InChI=1S/C12H15ClN2O2/c1-2-17-10(16)12(6-3-4-7-12)9-5-8-14-11(13)15-9/h5,8H,2-4,6-7H2,1H3. The summed E-state index contributed by atoms with van der Waals surface area (Å²) >= 11 is 5.79. The zero-order valence-electron chi connectivity index (χ0n) is 9.78. The minimum Gasteiger partial charge on any atom is -0.465 e. The summed E-state index contributed by atoms with van der Waals surface area (Å²) in [6.45, 7) is 2.20. The highest BCUT2D eigenvalue weighted by atomic mass is 35.5. The second-order valence-corrected chi connectivity index (χ2v) is 4.56. The predicted molar refractivity (Wildman–Crippen MR) is 63.8 cm³/mol. The molecule has 0 amide bonds. The smallest absolute Gasteiger partial charge is 0.318 e. The molecule has 5 heteroatoms. The number of esters is 1. The van der Waals surface area contributed by atoms with Gasteiger partial charge in [-0.2, -0.15) is 0 Å². The lowest BCUT2D eigenvalue weighted by molar-refractivity contribution is -0.150. The summed E-state index contributed by atoms with van der Waals surface area (Å²) in [4.78, 5) is 20.2. The fourth-order valence-corrected chi connectivity index (χ4v) is 2.56. The Kier molecular flexibility index (Phi) is 3.62. The number of nitrogens with zero attached hydrogens (tertiary/aromatic N) is 2. The Morgan fingerprint density at radius 2 is 2.24 bits per heavy atom. The van der Waals surface area contributed by atoms with E-state index in [0.29, 0.717) is 12.3 Å². The van der Waals surface area contributed by atoms with Gasteiger partial charge >= 0.3 is 5.97 Å². The monoisotopic (exact) mass is 254 g/mol. The predicted octanol–water partition coefficient (Wildman–Crippen LogP) is 2.50. The van der Waals surface area contributed by atoms with Gasteiger partial charge in [-0.3, -0.25) is 4.79 Å². The van der Waals surface area contributed by atoms with Crippen LogP contribution in [0.1, 0.15) is 38.3 Å². The number of halogens is 1. The minimum absolute atomic E-state index is 0.179. The van der Waals surface area contributed by atoms with Crippen LogP contribution in [0, 0.1) is 0 Å². The van der Waals surface area contributed by atoms with E-state index in [1.54, 1.807) is 12.3 Å². The van der Waals surface area contributed by atoms with Crippen molar-refractivity contribution in [3.63, 3.8) is 0 Å². The van der Waals surface area contributed by atoms with Gasteiger partial charge in [0.1, 0.15) is 5.41 Å². The third kappa shape index (κ3) is 2.27.